The van der Waals surface area contributed by atoms with Crippen LogP contribution < -0.4 is 14.6 Å². The van der Waals surface area contributed by atoms with E-state index in [9.17, 15) is 4.79 Å². The maximum Gasteiger partial charge on any atom is 0.280 e. The van der Waals surface area contributed by atoms with Crippen LogP contribution in [0.5, 0.6) is 5.75 Å². The zero-order chi connectivity index (χ0) is 28.1. The third-order valence-electron chi connectivity index (χ3n) is 8.23. The smallest absolute Gasteiger partial charge is 0.280 e. The van der Waals surface area contributed by atoms with Crippen LogP contribution in [-0.2, 0) is 4.79 Å². The van der Waals surface area contributed by atoms with Gasteiger partial charge in [0.1, 0.15) is 12.4 Å². The molecule has 1 heterocycles. The number of carbonyl (C=O) groups is 1. The summed E-state index contributed by atoms with van der Waals surface area (Å²) in [5, 5.41) is 6.03. The van der Waals surface area contributed by atoms with Gasteiger partial charge in [-0.1, -0.05) is 55.2 Å². The van der Waals surface area contributed by atoms with Gasteiger partial charge in [-0.25, -0.2) is 0 Å². The second-order valence-electron chi connectivity index (χ2n) is 11.1. The van der Waals surface area contributed by atoms with Crippen LogP contribution in [0.3, 0.4) is 0 Å². The molecule has 0 atom stereocenters. The number of likely N-dealkylation sites (N-methyl/N-ethyl adjacent to an activating group) is 1. The quantitative estimate of drug-likeness (QED) is 0.260. The molecule has 3 aromatic carbocycles. The molecule has 5 nitrogen and oxygen atoms in total. The van der Waals surface area contributed by atoms with E-state index < -0.39 is 0 Å². The molecule has 0 N–H and O–H groups in total. The van der Waals surface area contributed by atoms with Crippen LogP contribution in [0.15, 0.2) is 77.4 Å². The van der Waals surface area contributed by atoms with Crippen molar-refractivity contribution in [3.8, 4) is 5.75 Å². The highest BCUT2D eigenvalue weighted by Crippen LogP contribution is 2.33. The van der Waals surface area contributed by atoms with Gasteiger partial charge in [0.2, 0.25) is 0 Å². The van der Waals surface area contributed by atoms with Crippen LogP contribution in [-0.4, -0.2) is 31.3 Å². The Morgan fingerprint density at radius 2 is 1.68 bits per heavy atom. The Kier molecular flexibility index (Phi) is 8.69. The molecule has 3 aromatic rings. The Morgan fingerprint density at radius 1 is 0.950 bits per heavy atom. The van der Waals surface area contributed by atoms with Gasteiger partial charge in [0.25, 0.3) is 5.91 Å². The van der Waals surface area contributed by atoms with Crippen LogP contribution in [0, 0.1) is 13.8 Å². The first-order valence-corrected chi connectivity index (χ1v) is 14.7. The molecule has 5 rings (SSSR count). The molecule has 208 valence electrons. The number of ether oxygens (including phenoxy) is 1. The standard InChI is InChI=1S/C35H41N3O2/c1-5-37(21-22-40-33-19-14-29(15-20-33)28-9-7-6-8-10-28)32-18-13-30(26(3)23-32)24-34-27(4)36-38(35(34)39)31-16-11-25(2)12-17-31/h11-20,23-24,28H,5-10,21-22H2,1-4H3/b34-24+. The van der Waals surface area contributed by atoms with E-state index in [1.807, 2.05) is 44.2 Å². The summed E-state index contributed by atoms with van der Waals surface area (Å²) >= 11 is 0. The Balaban J connectivity index is 1.20. The summed E-state index contributed by atoms with van der Waals surface area (Å²) in [5.74, 6) is 1.56. The third kappa shape index (κ3) is 6.30. The van der Waals surface area contributed by atoms with E-state index in [4.69, 9.17) is 4.74 Å². The molecule has 1 amide bonds. The van der Waals surface area contributed by atoms with Crippen molar-refractivity contribution in [1.82, 2.24) is 0 Å². The van der Waals surface area contributed by atoms with Crippen LogP contribution in [0.1, 0.15) is 74.1 Å². The van der Waals surface area contributed by atoms with Gasteiger partial charge in [-0.05, 0) is 106 Å². The molecule has 0 unspecified atom stereocenters. The van der Waals surface area contributed by atoms with Gasteiger partial charge in [0.15, 0.2) is 0 Å². The fourth-order valence-corrected chi connectivity index (χ4v) is 5.73. The Hall–Kier alpha value is -3.86. The maximum atomic E-state index is 13.2. The van der Waals surface area contributed by atoms with Crippen LogP contribution in [0.4, 0.5) is 11.4 Å². The van der Waals surface area contributed by atoms with E-state index in [0.717, 1.165) is 58.5 Å². The molecule has 1 aliphatic heterocycles. The van der Waals surface area contributed by atoms with Gasteiger partial charge in [-0.15, -0.1) is 0 Å². The van der Waals surface area contributed by atoms with Crippen molar-refractivity contribution in [2.45, 2.75) is 65.7 Å². The van der Waals surface area contributed by atoms with Crippen molar-refractivity contribution in [3.05, 3.63) is 94.6 Å². The lowest BCUT2D eigenvalue weighted by Gasteiger charge is -2.24. The SMILES string of the molecule is CCN(CCOc1ccc(C2CCCCC2)cc1)c1ccc(/C=C2/C(=O)N(c3ccc(C)cc3)N=C2C)c(C)c1. The molecule has 2 aliphatic rings. The van der Waals surface area contributed by atoms with Crippen molar-refractivity contribution in [2.75, 3.05) is 29.6 Å². The molecule has 5 heteroatoms. The van der Waals surface area contributed by atoms with Crippen molar-refractivity contribution < 1.29 is 9.53 Å². The average molecular weight is 536 g/mol. The number of hydrogen-bond donors (Lipinski definition) is 0. The molecular weight excluding hydrogens is 494 g/mol. The first kappa shape index (κ1) is 27.7. The second kappa shape index (κ2) is 12.5. The highest BCUT2D eigenvalue weighted by molar-refractivity contribution is 6.32. The highest BCUT2D eigenvalue weighted by atomic mass is 16.5. The fourth-order valence-electron chi connectivity index (χ4n) is 5.73. The third-order valence-corrected chi connectivity index (χ3v) is 8.23. The topological polar surface area (TPSA) is 45.1 Å². The Bertz CT molecular complexity index is 1380. The summed E-state index contributed by atoms with van der Waals surface area (Å²) in [6.45, 7) is 10.5. The van der Waals surface area contributed by atoms with Crippen molar-refractivity contribution in [1.29, 1.82) is 0 Å². The lowest BCUT2D eigenvalue weighted by molar-refractivity contribution is -0.114. The summed E-state index contributed by atoms with van der Waals surface area (Å²) in [6, 6.07) is 23.0. The molecule has 0 saturated heterocycles. The molecule has 0 bridgehead atoms. The molecule has 0 radical (unpaired) electrons. The highest BCUT2D eigenvalue weighted by Gasteiger charge is 2.28. The Morgan fingerprint density at radius 3 is 2.35 bits per heavy atom. The fraction of sp³-hybridized carbons (Fsp3) is 0.371. The first-order chi connectivity index (χ1) is 19.4. The number of carbonyl (C=O) groups excluding carboxylic acids is 1. The lowest BCUT2D eigenvalue weighted by Crippen LogP contribution is -2.28. The van der Waals surface area contributed by atoms with E-state index in [0.29, 0.717) is 12.2 Å². The molecule has 1 saturated carbocycles. The number of hydrogen-bond acceptors (Lipinski definition) is 4. The van der Waals surface area contributed by atoms with E-state index in [2.05, 4.69) is 66.3 Å². The molecule has 40 heavy (non-hydrogen) atoms. The second-order valence-corrected chi connectivity index (χ2v) is 11.1. The minimum atomic E-state index is -0.0936. The Labute approximate surface area is 239 Å². The number of anilines is 2. The zero-order valence-electron chi connectivity index (χ0n) is 24.3. The minimum absolute atomic E-state index is 0.0936. The van der Waals surface area contributed by atoms with Crippen molar-refractivity contribution >= 4 is 29.1 Å². The van der Waals surface area contributed by atoms with Crippen molar-refractivity contribution in [2.24, 2.45) is 5.10 Å². The van der Waals surface area contributed by atoms with Gasteiger partial charge in [-0.2, -0.15) is 10.1 Å². The maximum absolute atomic E-state index is 13.2. The van der Waals surface area contributed by atoms with E-state index >= 15 is 0 Å². The van der Waals surface area contributed by atoms with Gasteiger partial charge in [0, 0.05) is 12.2 Å². The minimum Gasteiger partial charge on any atom is -0.492 e. The summed E-state index contributed by atoms with van der Waals surface area (Å²) in [7, 11) is 0. The van der Waals surface area contributed by atoms with Crippen LogP contribution >= 0.6 is 0 Å². The lowest BCUT2D eigenvalue weighted by atomic mass is 9.84. The van der Waals surface area contributed by atoms with Gasteiger partial charge < -0.3 is 9.64 Å². The summed E-state index contributed by atoms with van der Waals surface area (Å²) in [6.07, 6.45) is 8.68. The summed E-state index contributed by atoms with van der Waals surface area (Å²) in [5.41, 5.74) is 8.05. The van der Waals surface area contributed by atoms with Gasteiger partial charge >= 0.3 is 0 Å². The largest absolute Gasteiger partial charge is 0.492 e. The predicted octanol–water partition coefficient (Wildman–Crippen LogP) is 8.06. The van der Waals surface area contributed by atoms with Crippen molar-refractivity contribution in [3.63, 3.8) is 0 Å². The van der Waals surface area contributed by atoms with E-state index in [1.165, 1.54) is 42.7 Å². The molecule has 0 spiro atoms. The summed E-state index contributed by atoms with van der Waals surface area (Å²) in [4.78, 5) is 15.5. The number of benzene rings is 3. The van der Waals surface area contributed by atoms with Crippen LogP contribution in [0.25, 0.3) is 6.08 Å². The van der Waals surface area contributed by atoms with E-state index in [-0.39, 0.29) is 5.91 Å². The van der Waals surface area contributed by atoms with Gasteiger partial charge in [0.05, 0.1) is 23.5 Å². The number of aryl methyl sites for hydroxylation is 2. The normalized spacial score (nSPS) is 16.9. The number of rotatable bonds is 9. The number of amides is 1. The number of nitrogens with zero attached hydrogens (tertiary/aromatic N) is 3. The molecule has 0 aromatic heterocycles. The molecule has 1 aliphatic carbocycles. The predicted molar refractivity (Wildman–Crippen MR) is 167 cm³/mol. The first-order valence-electron chi connectivity index (χ1n) is 14.7. The monoisotopic (exact) mass is 535 g/mol. The molecular formula is C35H41N3O2. The average Bonchev–Trinajstić information content (AvgIpc) is 3.26. The van der Waals surface area contributed by atoms with Crippen LogP contribution in [0.2, 0.25) is 0 Å². The van der Waals surface area contributed by atoms with Gasteiger partial charge in [-0.3, -0.25) is 4.79 Å². The molecule has 1 fully saturated rings. The number of hydrazone groups is 1. The zero-order valence-corrected chi connectivity index (χ0v) is 24.3. The summed E-state index contributed by atoms with van der Waals surface area (Å²) < 4.78 is 6.11. The van der Waals surface area contributed by atoms with E-state index in [1.54, 1.807) is 0 Å².